The Kier molecular flexibility index (Phi) is 4.89. The van der Waals surface area contributed by atoms with E-state index in [0.717, 1.165) is 4.90 Å². The first-order valence-electron chi connectivity index (χ1n) is 7.12. The highest BCUT2D eigenvalue weighted by Crippen LogP contribution is 2.31. The van der Waals surface area contributed by atoms with Gasteiger partial charge >= 0.3 is 5.92 Å². The minimum absolute atomic E-state index is 0.0114. The minimum Gasteiger partial charge on any atom is -0.338 e. The van der Waals surface area contributed by atoms with E-state index in [0.29, 0.717) is 0 Å². The Balaban J connectivity index is 2.06. The Morgan fingerprint density at radius 1 is 1.30 bits per heavy atom. The quantitative estimate of drug-likeness (QED) is 0.834. The number of halogens is 2. The second-order valence-corrected chi connectivity index (χ2v) is 5.25. The molecule has 1 aromatic heterocycles. The van der Waals surface area contributed by atoms with E-state index < -0.39 is 17.5 Å². The third-order valence-electron chi connectivity index (χ3n) is 3.73. The fourth-order valence-corrected chi connectivity index (χ4v) is 2.45. The van der Waals surface area contributed by atoms with Crippen molar-refractivity contribution in [3.8, 4) is 6.07 Å². The molecule has 23 heavy (non-hydrogen) atoms. The van der Waals surface area contributed by atoms with E-state index in [4.69, 9.17) is 5.26 Å². The van der Waals surface area contributed by atoms with Crippen molar-refractivity contribution in [3.05, 3.63) is 29.6 Å². The maximum atomic E-state index is 14.4. The van der Waals surface area contributed by atoms with Crippen LogP contribution in [0.4, 0.5) is 8.78 Å². The van der Waals surface area contributed by atoms with E-state index in [-0.39, 0.29) is 44.1 Å². The molecule has 1 saturated heterocycles. The molecule has 1 aliphatic rings. The highest BCUT2D eigenvalue weighted by atomic mass is 19.3. The van der Waals surface area contributed by atoms with Gasteiger partial charge in [0.25, 0.3) is 5.91 Å². The summed E-state index contributed by atoms with van der Waals surface area (Å²) >= 11 is 0. The van der Waals surface area contributed by atoms with E-state index >= 15 is 0 Å². The van der Waals surface area contributed by atoms with Crippen LogP contribution in [0.25, 0.3) is 0 Å². The standard InChI is InChI=1S/C15H16F2N4O2/c1-11-3-2-6-19-13(11)15(16,17)14(23)21-9-7-20(8-10-21)12(22)4-5-18/h2-3,6H,4,7-10H2,1H3. The molecule has 0 aliphatic carbocycles. The fraction of sp³-hybridized carbons (Fsp3) is 0.467. The first-order valence-corrected chi connectivity index (χ1v) is 7.12. The average Bonchev–Trinajstić information content (AvgIpc) is 2.54. The zero-order valence-corrected chi connectivity index (χ0v) is 12.6. The molecule has 0 saturated carbocycles. The van der Waals surface area contributed by atoms with Gasteiger partial charge in [-0.25, -0.2) is 0 Å². The number of carbonyl (C=O) groups is 2. The number of piperazine rings is 1. The molecule has 6 nitrogen and oxygen atoms in total. The number of hydrogen-bond donors (Lipinski definition) is 0. The zero-order chi connectivity index (χ0) is 17.0. The molecule has 2 heterocycles. The summed E-state index contributed by atoms with van der Waals surface area (Å²) in [7, 11) is 0. The highest BCUT2D eigenvalue weighted by molar-refractivity contribution is 5.85. The number of alkyl halides is 2. The van der Waals surface area contributed by atoms with Gasteiger partial charge in [-0.2, -0.15) is 14.0 Å². The Morgan fingerprint density at radius 3 is 2.48 bits per heavy atom. The molecule has 0 aromatic carbocycles. The molecular formula is C15H16F2N4O2. The molecule has 8 heteroatoms. The van der Waals surface area contributed by atoms with Crippen molar-refractivity contribution < 1.29 is 18.4 Å². The molecule has 0 radical (unpaired) electrons. The van der Waals surface area contributed by atoms with Crippen LogP contribution >= 0.6 is 0 Å². The maximum Gasteiger partial charge on any atom is 0.366 e. The van der Waals surface area contributed by atoms with Crippen LogP contribution in [0.3, 0.4) is 0 Å². The number of hydrogen-bond acceptors (Lipinski definition) is 4. The summed E-state index contributed by atoms with van der Waals surface area (Å²) in [6.45, 7) is 1.78. The van der Waals surface area contributed by atoms with Gasteiger partial charge in [0.05, 0.1) is 6.07 Å². The van der Waals surface area contributed by atoms with E-state index in [9.17, 15) is 18.4 Å². The van der Waals surface area contributed by atoms with Gasteiger partial charge in [0.1, 0.15) is 12.1 Å². The lowest BCUT2D eigenvalue weighted by molar-refractivity contribution is -0.162. The first kappa shape index (κ1) is 16.8. The van der Waals surface area contributed by atoms with Gasteiger partial charge in [-0.05, 0) is 18.6 Å². The topological polar surface area (TPSA) is 77.3 Å². The zero-order valence-electron chi connectivity index (χ0n) is 12.6. The Morgan fingerprint density at radius 2 is 1.91 bits per heavy atom. The van der Waals surface area contributed by atoms with Gasteiger partial charge in [0.2, 0.25) is 5.91 Å². The minimum atomic E-state index is -3.70. The molecule has 1 aliphatic heterocycles. The fourth-order valence-electron chi connectivity index (χ4n) is 2.45. The molecule has 1 aromatic rings. The summed E-state index contributed by atoms with van der Waals surface area (Å²) in [5, 5.41) is 8.50. The van der Waals surface area contributed by atoms with Crippen molar-refractivity contribution in [1.82, 2.24) is 14.8 Å². The van der Waals surface area contributed by atoms with Gasteiger partial charge in [0, 0.05) is 32.4 Å². The third-order valence-corrected chi connectivity index (χ3v) is 3.73. The summed E-state index contributed by atoms with van der Waals surface area (Å²) in [4.78, 5) is 29.8. The summed E-state index contributed by atoms with van der Waals surface area (Å²) in [5.41, 5.74) is -0.304. The summed E-state index contributed by atoms with van der Waals surface area (Å²) in [6, 6.07) is 4.75. The molecule has 2 rings (SSSR count). The normalized spacial score (nSPS) is 15.2. The van der Waals surface area contributed by atoms with Crippen LogP contribution in [0.5, 0.6) is 0 Å². The number of carbonyl (C=O) groups excluding carboxylic acids is 2. The van der Waals surface area contributed by atoms with Gasteiger partial charge in [-0.15, -0.1) is 0 Å². The van der Waals surface area contributed by atoms with Crippen LogP contribution in [0.15, 0.2) is 18.3 Å². The van der Waals surface area contributed by atoms with Crippen molar-refractivity contribution >= 4 is 11.8 Å². The lowest BCUT2D eigenvalue weighted by Crippen LogP contribution is -2.54. The summed E-state index contributed by atoms with van der Waals surface area (Å²) in [5.74, 6) is -5.37. The van der Waals surface area contributed by atoms with Crippen LogP contribution in [0, 0.1) is 18.3 Å². The van der Waals surface area contributed by atoms with Crippen LogP contribution in [-0.2, 0) is 15.5 Å². The van der Waals surface area contributed by atoms with E-state index in [1.54, 1.807) is 6.07 Å². The average molecular weight is 322 g/mol. The molecule has 0 spiro atoms. The van der Waals surface area contributed by atoms with Gasteiger partial charge in [-0.3, -0.25) is 14.6 Å². The number of aromatic nitrogens is 1. The molecule has 0 N–H and O–H groups in total. The van der Waals surface area contributed by atoms with Crippen molar-refractivity contribution in [1.29, 1.82) is 5.26 Å². The summed E-state index contributed by atoms with van der Waals surface area (Å²) < 4.78 is 28.8. The van der Waals surface area contributed by atoms with Gasteiger partial charge < -0.3 is 9.80 Å². The Hall–Kier alpha value is -2.56. The number of nitrogens with zero attached hydrogens (tertiary/aromatic N) is 4. The molecule has 122 valence electrons. The van der Waals surface area contributed by atoms with Crippen LogP contribution in [0.1, 0.15) is 17.7 Å². The Labute approximate surface area is 132 Å². The second-order valence-electron chi connectivity index (χ2n) is 5.25. The lowest BCUT2D eigenvalue weighted by atomic mass is 10.1. The Bertz CT molecular complexity index is 649. The highest BCUT2D eigenvalue weighted by Gasteiger charge is 2.46. The SMILES string of the molecule is Cc1cccnc1C(F)(F)C(=O)N1CCN(C(=O)CC#N)CC1. The van der Waals surface area contributed by atoms with Crippen LogP contribution in [0.2, 0.25) is 0 Å². The second kappa shape index (κ2) is 6.69. The first-order chi connectivity index (χ1) is 10.9. The van der Waals surface area contributed by atoms with Crippen molar-refractivity contribution in [2.75, 3.05) is 26.2 Å². The number of rotatable bonds is 3. The largest absolute Gasteiger partial charge is 0.366 e. The van der Waals surface area contributed by atoms with Crippen LogP contribution in [-0.4, -0.2) is 52.8 Å². The van der Waals surface area contributed by atoms with E-state index in [2.05, 4.69) is 4.98 Å². The van der Waals surface area contributed by atoms with Crippen LogP contribution < -0.4 is 0 Å². The molecule has 0 unspecified atom stereocenters. The lowest BCUT2D eigenvalue weighted by Gasteiger charge is -2.36. The molecule has 0 atom stereocenters. The van der Waals surface area contributed by atoms with Crippen molar-refractivity contribution in [3.63, 3.8) is 0 Å². The third kappa shape index (κ3) is 3.44. The number of aryl methyl sites for hydroxylation is 1. The summed E-state index contributed by atoms with van der Waals surface area (Å²) in [6.07, 6.45) is 0.971. The number of amides is 2. The van der Waals surface area contributed by atoms with E-state index in [1.807, 2.05) is 0 Å². The van der Waals surface area contributed by atoms with Crippen molar-refractivity contribution in [2.45, 2.75) is 19.3 Å². The number of pyridine rings is 1. The van der Waals surface area contributed by atoms with Crippen molar-refractivity contribution in [2.24, 2.45) is 0 Å². The monoisotopic (exact) mass is 322 g/mol. The molecule has 1 fully saturated rings. The molecular weight excluding hydrogens is 306 g/mol. The molecule has 2 amide bonds. The van der Waals surface area contributed by atoms with E-state index in [1.165, 1.54) is 30.2 Å². The predicted octanol–water partition coefficient (Wildman–Crippen LogP) is 1.07. The predicted molar refractivity (Wildman–Crippen MR) is 76.3 cm³/mol. The maximum absolute atomic E-state index is 14.4. The molecule has 0 bridgehead atoms. The smallest absolute Gasteiger partial charge is 0.338 e. The van der Waals surface area contributed by atoms with Gasteiger partial charge in [-0.1, -0.05) is 6.07 Å². The number of nitriles is 1. The van der Waals surface area contributed by atoms with Gasteiger partial charge in [0.15, 0.2) is 0 Å².